The zero-order chi connectivity index (χ0) is 23.1. The van der Waals surface area contributed by atoms with Gasteiger partial charge in [0.1, 0.15) is 11.3 Å². The van der Waals surface area contributed by atoms with E-state index in [9.17, 15) is 13.6 Å². The number of imidazole rings is 1. The molecule has 3 aromatic heterocycles. The van der Waals surface area contributed by atoms with Crippen molar-refractivity contribution in [3.63, 3.8) is 0 Å². The predicted octanol–water partition coefficient (Wildman–Crippen LogP) is 4.64. The van der Waals surface area contributed by atoms with Crippen molar-refractivity contribution in [2.75, 3.05) is 11.1 Å². The van der Waals surface area contributed by atoms with Crippen LogP contribution in [0.25, 0.3) is 21.4 Å². The molecule has 0 spiro atoms. The maximum absolute atomic E-state index is 12.8. The Balaban J connectivity index is 1.24. The summed E-state index contributed by atoms with van der Waals surface area (Å²) in [5, 5.41) is 3.35. The number of carbonyl (C=O) groups excluding carboxylic acids is 1. The Bertz CT molecular complexity index is 1340. The summed E-state index contributed by atoms with van der Waals surface area (Å²) in [5.74, 6) is 0.0175. The largest absolute Gasteiger partial charge is 0.435 e. The molecule has 13 heteroatoms. The molecule has 1 saturated carbocycles. The van der Waals surface area contributed by atoms with E-state index in [2.05, 4.69) is 30.0 Å². The lowest BCUT2D eigenvalue weighted by molar-refractivity contribution is -0.121. The summed E-state index contributed by atoms with van der Waals surface area (Å²) >= 11 is 7.17. The minimum atomic E-state index is -2.90. The molecule has 0 saturated heterocycles. The summed E-state index contributed by atoms with van der Waals surface area (Å²) in [5.41, 5.74) is 7.59. The summed E-state index contributed by atoms with van der Waals surface area (Å²) in [6.07, 6.45) is 4.58. The number of aromatic nitrogens is 5. The molecule has 0 bridgehead atoms. The normalized spacial score (nSPS) is 18.8. The molecular weight excluding hydrogens is 476 g/mol. The molecule has 1 aliphatic carbocycles. The molecule has 0 unspecified atom stereocenters. The molecular formula is C20H18ClF2N7O2S. The maximum atomic E-state index is 12.8. The number of hydrogen-bond donors (Lipinski definition) is 2. The van der Waals surface area contributed by atoms with Gasteiger partial charge in [-0.2, -0.15) is 18.7 Å². The van der Waals surface area contributed by atoms with Gasteiger partial charge in [-0.05, 0) is 55.5 Å². The standard InChI is InChI=1S/C20H18ClF2N7O2S/c21-18-27-15(24)14-16(28-18)30(8-25-14)10-3-1-9(2-4-10)17(31)29-20-26-12-6-5-11(32-19(22)23)7-13(12)33-20/h5-10,19H,1-4H2,(H2,24,27,28)(H,26,29,31)/t9-,10+. The highest BCUT2D eigenvalue weighted by Gasteiger charge is 2.29. The van der Waals surface area contributed by atoms with E-state index < -0.39 is 6.61 Å². The minimum Gasteiger partial charge on any atom is -0.435 e. The van der Waals surface area contributed by atoms with E-state index in [0.29, 0.717) is 39.4 Å². The number of carbonyl (C=O) groups is 1. The van der Waals surface area contributed by atoms with Gasteiger partial charge < -0.3 is 20.4 Å². The molecule has 4 aromatic rings. The third-order valence-electron chi connectivity index (χ3n) is 5.70. The zero-order valence-corrected chi connectivity index (χ0v) is 18.6. The number of nitrogens with one attached hydrogen (secondary N) is 1. The highest BCUT2D eigenvalue weighted by Crippen LogP contribution is 2.36. The van der Waals surface area contributed by atoms with Crippen molar-refractivity contribution < 1.29 is 18.3 Å². The lowest BCUT2D eigenvalue weighted by Crippen LogP contribution is -2.28. The van der Waals surface area contributed by atoms with E-state index in [0.717, 1.165) is 12.8 Å². The molecule has 1 amide bonds. The Morgan fingerprint density at radius 1 is 1.24 bits per heavy atom. The number of rotatable bonds is 5. The molecule has 5 rings (SSSR count). The van der Waals surface area contributed by atoms with Gasteiger partial charge >= 0.3 is 6.61 Å². The topological polar surface area (TPSA) is 121 Å². The number of alkyl halides is 2. The van der Waals surface area contributed by atoms with Gasteiger partial charge in [-0.3, -0.25) is 4.79 Å². The van der Waals surface area contributed by atoms with Gasteiger partial charge in [-0.15, -0.1) is 0 Å². The number of thiazole rings is 1. The number of nitrogens with zero attached hydrogens (tertiary/aromatic N) is 5. The lowest BCUT2D eigenvalue weighted by atomic mass is 9.85. The average Bonchev–Trinajstić information content (AvgIpc) is 3.36. The second-order valence-electron chi connectivity index (χ2n) is 7.72. The van der Waals surface area contributed by atoms with Crippen molar-refractivity contribution in [2.24, 2.45) is 5.92 Å². The van der Waals surface area contributed by atoms with E-state index in [4.69, 9.17) is 17.3 Å². The summed E-state index contributed by atoms with van der Waals surface area (Å²) < 4.78 is 31.9. The highest BCUT2D eigenvalue weighted by molar-refractivity contribution is 7.22. The third-order valence-corrected chi connectivity index (χ3v) is 6.80. The maximum Gasteiger partial charge on any atom is 0.387 e. The Labute approximate surface area is 195 Å². The van der Waals surface area contributed by atoms with Crippen molar-refractivity contribution in [2.45, 2.75) is 38.3 Å². The first kappa shape index (κ1) is 21.7. The number of hydrogen-bond acceptors (Lipinski definition) is 8. The van der Waals surface area contributed by atoms with E-state index in [1.54, 1.807) is 12.4 Å². The average molecular weight is 494 g/mol. The van der Waals surface area contributed by atoms with Gasteiger partial charge in [0.2, 0.25) is 11.2 Å². The van der Waals surface area contributed by atoms with Crippen molar-refractivity contribution in [3.8, 4) is 5.75 Å². The van der Waals surface area contributed by atoms with E-state index in [1.165, 1.54) is 23.5 Å². The highest BCUT2D eigenvalue weighted by atomic mass is 35.5. The third kappa shape index (κ3) is 4.40. The molecule has 1 aliphatic rings. The van der Waals surface area contributed by atoms with Crippen molar-refractivity contribution in [1.82, 2.24) is 24.5 Å². The van der Waals surface area contributed by atoms with E-state index in [1.807, 2.05) is 4.57 Å². The first-order valence-electron chi connectivity index (χ1n) is 10.2. The lowest BCUT2D eigenvalue weighted by Gasteiger charge is -2.28. The number of benzene rings is 1. The molecule has 0 atom stereocenters. The monoisotopic (exact) mass is 493 g/mol. The van der Waals surface area contributed by atoms with Crippen molar-refractivity contribution >= 4 is 61.2 Å². The number of ether oxygens (including phenoxy) is 1. The smallest absolute Gasteiger partial charge is 0.387 e. The van der Waals surface area contributed by atoms with Crippen LogP contribution >= 0.6 is 22.9 Å². The Kier molecular flexibility index (Phi) is 5.71. The number of amides is 1. The predicted molar refractivity (Wildman–Crippen MR) is 121 cm³/mol. The zero-order valence-electron chi connectivity index (χ0n) is 17.0. The fourth-order valence-corrected chi connectivity index (χ4v) is 5.20. The molecule has 9 nitrogen and oxygen atoms in total. The van der Waals surface area contributed by atoms with Gasteiger partial charge in [0, 0.05) is 12.0 Å². The number of nitrogens with two attached hydrogens (primary N) is 1. The van der Waals surface area contributed by atoms with Crippen LogP contribution in [-0.4, -0.2) is 37.0 Å². The first-order valence-corrected chi connectivity index (χ1v) is 11.4. The summed E-state index contributed by atoms with van der Waals surface area (Å²) in [4.78, 5) is 29.7. The van der Waals surface area contributed by atoms with Crippen LogP contribution in [0.5, 0.6) is 5.75 Å². The second-order valence-corrected chi connectivity index (χ2v) is 9.09. The molecule has 33 heavy (non-hydrogen) atoms. The SMILES string of the molecule is Nc1nc(Cl)nc2c1ncn2[C@H]1CC[C@@H](C(=O)Nc2nc3ccc(OC(F)F)cc3s2)CC1. The second kappa shape index (κ2) is 8.67. The Morgan fingerprint density at radius 2 is 2.03 bits per heavy atom. The van der Waals surface area contributed by atoms with Crippen molar-refractivity contribution in [3.05, 3.63) is 29.8 Å². The molecule has 0 radical (unpaired) electrons. The van der Waals surface area contributed by atoms with Gasteiger partial charge in [0.15, 0.2) is 16.6 Å². The number of fused-ring (bicyclic) bond motifs is 2. The molecule has 1 fully saturated rings. The van der Waals surface area contributed by atoms with Crippen LogP contribution in [0.3, 0.4) is 0 Å². The molecule has 0 aliphatic heterocycles. The van der Waals surface area contributed by atoms with Crippen LogP contribution in [0.1, 0.15) is 31.7 Å². The summed E-state index contributed by atoms with van der Waals surface area (Å²) in [7, 11) is 0. The quantitative estimate of drug-likeness (QED) is 0.388. The van der Waals surface area contributed by atoms with Crippen LogP contribution in [0.2, 0.25) is 5.28 Å². The Hall–Kier alpha value is -3.12. The number of anilines is 2. The van der Waals surface area contributed by atoms with Gasteiger partial charge in [-0.25, -0.2) is 9.97 Å². The summed E-state index contributed by atoms with van der Waals surface area (Å²) in [6.45, 7) is -2.90. The van der Waals surface area contributed by atoms with E-state index in [-0.39, 0.29) is 34.7 Å². The Morgan fingerprint density at radius 3 is 2.79 bits per heavy atom. The van der Waals surface area contributed by atoms with Crippen LogP contribution in [-0.2, 0) is 4.79 Å². The molecule has 1 aromatic carbocycles. The fourth-order valence-electron chi connectivity index (χ4n) is 4.14. The molecule has 3 heterocycles. The van der Waals surface area contributed by atoms with Gasteiger partial charge in [0.25, 0.3) is 0 Å². The molecule has 172 valence electrons. The minimum absolute atomic E-state index is 0.0534. The van der Waals surface area contributed by atoms with E-state index >= 15 is 0 Å². The fraction of sp³-hybridized carbons (Fsp3) is 0.350. The van der Waals surface area contributed by atoms with Crippen LogP contribution < -0.4 is 15.8 Å². The first-order chi connectivity index (χ1) is 15.9. The molecule has 3 N–H and O–H groups in total. The van der Waals surface area contributed by atoms with Crippen LogP contribution in [0.4, 0.5) is 19.7 Å². The van der Waals surface area contributed by atoms with Gasteiger partial charge in [0.05, 0.1) is 16.5 Å². The summed E-state index contributed by atoms with van der Waals surface area (Å²) in [6, 6.07) is 4.62. The van der Waals surface area contributed by atoms with Gasteiger partial charge in [-0.1, -0.05) is 11.3 Å². The number of nitrogen functional groups attached to an aromatic ring is 1. The van der Waals surface area contributed by atoms with Crippen molar-refractivity contribution in [1.29, 1.82) is 0 Å². The number of halogens is 3. The van der Waals surface area contributed by atoms with Crippen LogP contribution in [0.15, 0.2) is 24.5 Å². The van der Waals surface area contributed by atoms with Crippen LogP contribution in [0, 0.1) is 5.92 Å².